The maximum Gasteiger partial charge on any atom is 0.229 e. The second kappa shape index (κ2) is 7.83. The molecule has 0 aromatic heterocycles. The first kappa shape index (κ1) is 18.8. The lowest BCUT2D eigenvalue weighted by atomic mass is 10.1. The van der Waals surface area contributed by atoms with E-state index in [2.05, 4.69) is 5.32 Å². The molecule has 0 aliphatic carbocycles. The summed E-state index contributed by atoms with van der Waals surface area (Å²) in [6.45, 7) is 0.344. The molecule has 0 saturated carbocycles. The molecule has 2 amide bonds. The summed E-state index contributed by atoms with van der Waals surface area (Å²) >= 11 is 0. The largest absolute Gasteiger partial charge is 0.497 e. The number of amides is 2. The smallest absolute Gasteiger partial charge is 0.229 e. The van der Waals surface area contributed by atoms with Crippen molar-refractivity contribution in [2.75, 3.05) is 31.0 Å². The van der Waals surface area contributed by atoms with Crippen LogP contribution in [0.2, 0.25) is 0 Å². The van der Waals surface area contributed by atoms with Gasteiger partial charge in [0, 0.05) is 24.4 Å². The first-order valence-corrected chi connectivity index (χ1v) is 9.41. The van der Waals surface area contributed by atoms with Crippen LogP contribution in [-0.4, -0.2) is 32.6 Å². The summed E-state index contributed by atoms with van der Waals surface area (Å²) in [5, 5.41) is 4.95. The summed E-state index contributed by atoms with van der Waals surface area (Å²) in [7, 11) is 3.10. The Kier molecular flexibility index (Phi) is 5.08. The van der Waals surface area contributed by atoms with Crippen molar-refractivity contribution in [1.82, 2.24) is 0 Å². The van der Waals surface area contributed by atoms with Gasteiger partial charge in [0.1, 0.15) is 11.5 Å². The number of fused-ring (bicyclic) bond motifs is 1. The maximum absolute atomic E-state index is 12.8. The third-order valence-electron chi connectivity index (χ3n) is 5.22. The number of benzene rings is 3. The maximum atomic E-state index is 12.8. The van der Waals surface area contributed by atoms with Crippen molar-refractivity contribution in [3.63, 3.8) is 0 Å². The van der Waals surface area contributed by atoms with E-state index in [1.54, 1.807) is 30.2 Å². The summed E-state index contributed by atoms with van der Waals surface area (Å²) in [5.74, 6) is 0.451. The molecule has 1 atom stereocenters. The van der Waals surface area contributed by atoms with E-state index in [0.717, 1.165) is 16.5 Å². The molecular formula is C23H22N2O4. The molecule has 29 heavy (non-hydrogen) atoms. The standard InChI is InChI=1S/C23H22N2O4/c1-28-17-10-11-19(21(13-17)29-2)24-23(27)16-12-22(26)25(14-16)20-9-5-7-15-6-3-4-8-18(15)20/h3-11,13,16H,12,14H2,1-2H3,(H,24,27)/t16-/m1/s1. The van der Waals surface area contributed by atoms with Crippen LogP contribution >= 0.6 is 0 Å². The van der Waals surface area contributed by atoms with Crippen LogP contribution in [0, 0.1) is 5.92 Å². The highest BCUT2D eigenvalue weighted by atomic mass is 16.5. The number of nitrogens with zero attached hydrogens (tertiary/aromatic N) is 1. The quantitative estimate of drug-likeness (QED) is 0.719. The van der Waals surface area contributed by atoms with Crippen molar-refractivity contribution in [2.45, 2.75) is 6.42 Å². The molecule has 1 aliphatic heterocycles. The first-order valence-electron chi connectivity index (χ1n) is 9.41. The van der Waals surface area contributed by atoms with Gasteiger partial charge in [-0.15, -0.1) is 0 Å². The molecule has 1 N–H and O–H groups in total. The average Bonchev–Trinajstić information content (AvgIpc) is 3.15. The molecule has 4 rings (SSSR count). The van der Waals surface area contributed by atoms with E-state index in [0.29, 0.717) is 23.7 Å². The number of nitrogens with one attached hydrogen (secondary N) is 1. The Morgan fingerprint density at radius 2 is 1.83 bits per heavy atom. The Labute approximate surface area is 169 Å². The van der Waals surface area contributed by atoms with Gasteiger partial charge >= 0.3 is 0 Å². The number of hydrogen-bond donors (Lipinski definition) is 1. The molecule has 3 aromatic carbocycles. The van der Waals surface area contributed by atoms with Gasteiger partial charge < -0.3 is 19.7 Å². The predicted molar refractivity (Wildman–Crippen MR) is 113 cm³/mol. The SMILES string of the molecule is COc1ccc(NC(=O)[C@@H]2CC(=O)N(c3cccc4ccccc34)C2)c(OC)c1. The monoisotopic (exact) mass is 390 g/mol. The summed E-state index contributed by atoms with van der Waals surface area (Å²) < 4.78 is 10.5. The minimum Gasteiger partial charge on any atom is -0.497 e. The molecule has 1 saturated heterocycles. The Morgan fingerprint density at radius 1 is 1.03 bits per heavy atom. The number of methoxy groups -OCH3 is 2. The van der Waals surface area contributed by atoms with Crippen LogP contribution in [0.4, 0.5) is 11.4 Å². The molecule has 6 nitrogen and oxygen atoms in total. The van der Waals surface area contributed by atoms with Crippen LogP contribution in [0.25, 0.3) is 10.8 Å². The van der Waals surface area contributed by atoms with E-state index >= 15 is 0 Å². The van der Waals surface area contributed by atoms with Gasteiger partial charge in [0.2, 0.25) is 11.8 Å². The Morgan fingerprint density at radius 3 is 2.62 bits per heavy atom. The van der Waals surface area contributed by atoms with Crippen molar-refractivity contribution in [3.8, 4) is 11.5 Å². The third kappa shape index (κ3) is 3.61. The van der Waals surface area contributed by atoms with Gasteiger partial charge in [-0.3, -0.25) is 9.59 Å². The van der Waals surface area contributed by atoms with Crippen LogP contribution < -0.4 is 19.7 Å². The molecule has 1 fully saturated rings. The lowest BCUT2D eigenvalue weighted by Crippen LogP contribution is -2.28. The number of carbonyl (C=O) groups excluding carboxylic acids is 2. The second-order valence-corrected chi connectivity index (χ2v) is 6.96. The average molecular weight is 390 g/mol. The second-order valence-electron chi connectivity index (χ2n) is 6.96. The molecule has 0 radical (unpaired) electrons. The summed E-state index contributed by atoms with van der Waals surface area (Å²) in [4.78, 5) is 27.2. The summed E-state index contributed by atoms with van der Waals surface area (Å²) in [5.41, 5.74) is 1.39. The van der Waals surface area contributed by atoms with Gasteiger partial charge in [0.15, 0.2) is 0 Å². The van der Waals surface area contributed by atoms with E-state index in [1.165, 1.54) is 7.11 Å². The van der Waals surface area contributed by atoms with E-state index < -0.39 is 5.92 Å². The highest BCUT2D eigenvalue weighted by Crippen LogP contribution is 2.33. The van der Waals surface area contributed by atoms with Crippen molar-refractivity contribution in [3.05, 3.63) is 60.7 Å². The normalized spacial score (nSPS) is 16.1. The van der Waals surface area contributed by atoms with Crippen LogP contribution in [-0.2, 0) is 9.59 Å². The van der Waals surface area contributed by atoms with E-state index in [1.807, 2.05) is 42.5 Å². The lowest BCUT2D eigenvalue weighted by Gasteiger charge is -2.19. The highest BCUT2D eigenvalue weighted by Gasteiger charge is 2.36. The molecule has 6 heteroatoms. The van der Waals surface area contributed by atoms with Crippen molar-refractivity contribution in [1.29, 1.82) is 0 Å². The van der Waals surface area contributed by atoms with Crippen molar-refractivity contribution < 1.29 is 19.1 Å². The van der Waals surface area contributed by atoms with Crippen LogP contribution in [0.1, 0.15) is 6.42 Å². The van der Waals surface area contributed by atoms with Gasteiger partial charge in [-0.2, -0.15) is 0 Å². The molecule has 3 aromatic rings. The molecule has 0 unspecified atom stereocenters. The van der Waals surface area contributed by atoms with Crippen LogP contribution in [0.3, 0.4) is 0 Å². The number of carbonyl (C=O) groups is 2. The molecule has 0 bridgehead atoms. The number of anilines is 2. The number of hydrogen-bond acceptors (Lipinski definition) is 4. The Hall–Kier alpha value is -3.54. The Balaban J connectivity index is 1.54. The fourth-order valence-corrected chi connectivity index (χ4v) is 3.70. The van der Waals surface area contributed by atoms with E-state index in [4.69, 9.17) is 9.47 Å². The van der Waals surface area contributed by atoms with E-state index in [9.17, 15) is 9.59 Å². The van der Waals surface area contributed by atoms with Gasteiger partial charge in [-0.25, -0.2) is 0 Å². The summed E-state index contributed by atoms with van der Waals surface area (Å²) in [6.07, 6.45) is 0.174. The van der Waals surface area contributed by atoms with Gasteiger partial charge in [0.25, 0.3) is 0 Å². The lowest BCUT2D eigenvalue weighted by molar-refractivity contribution is -0.122. The zero-order chi connectivity index (χ0) is 20.4. The molecule has 148 valence electrons. The zero-order valence-electron chi connectivity index (χ0n) is 16.3. The molecular weight excluding hydrogens is 368 g/mol. The predicted octanol–water partition coefficient (Wildman–Crippen LogP) is 3.85. The number of ether oxygens (including phenoxy) is 2. The van der Waals surface area contributed by atoms with Crippen LogP contribution in [0.5, 0.6) is 11.5 Å². The minimum absolute atomic E-state index is 0.0526. The molecule has 1 aliphatic rings. The third-order valence-corrected chi connectivity index (χ3v) is 5.22. The topological polar surface area (TPSA) is 67.9 Å². The van der Waals surface area contributed by atoms with Gasteiger partial charge in [-0.05, 0) is 23.6 Å². The van der Waals surface area contributed by atoms with Crippen LogP contribution in [0.15, 0.2) is 60.7 Å². The minimum atomic E-state index is -0.437. The van der Waals surface area contributed by atoms with Crippen molar-refractivity contribution in [2.24, 2.45) is 5.92 Å². The fraction of sp³-hybridized carbons (Fsp3) is 0.217. The number of rotatable bonds is 5. The van der Waals surface area contributed by atoms with E-state index in [-0.39, 0.29) is 18.2 Å². The molecule has 0 spiro atoms. The first-order chi connectivity index (χ1) is 14.1. The molecule has 1 heterocycles. The highest BCUT2D eigenvalue weighted by molar-refractivity contribution is 6.08. The summed E-state index contributed by atoms with van der Waals surface area (Å²) in [6, 6.07) is 19.0. The Bertz CT molecular complexity index is 1070. The fourth-order valence-electron chi connectivity index (χ4n) is 3.70. The van der Waals surface area contributed by atoms with Gasteiger partial charge in [-0.1, -0.05) is 36.4 Å². The van der Waals surface area contributed by atoms with Crippen molar-refractivity contribution >= 4 is 34.0 Å². The van der Waals surface area contributed by atoms with Gasteiger partial charge in [0.05, 0.1) is 31.5 Å². The zero-order valence-corrected chi connectivity index (χ0v) is 16.3.